The highest BCUT2D eigenvalue weighted by molar-refractivity contribution is 5.82. The number of nitrogens with one attached hydrogen (secondary N) is 1. The van der Waals surface area contributed by atoms with Crippen LogP contribution in [-0.2, 0) is 4.79 Å². The predicted molar refractivity (Wildman–Crippen MR) is 100.0 cm³/mol. The molecule has 1 saturated heterocycles. The molecule has 1 fully saturated rings. The van der Waals surface area contributed by atoms with Gasteiger partial charge in [0.25, 0.3) is 0 Å². The molecule has 0 aliphatic carbocycles. The largest absolute Gasteiger partial charge is 0.369 e. The van der Waals surface area contributed by atoms with Crippen LogP contribution >= 0.6 is 0 Å². The van der Waals surface area contributed by atoms with E-state index in [0.717, 1.165) is 31.3 Å². The highest BCUT2D eigenvalue weighted by atomic mass is 16.2. The Hall–Kier alpha value is -2.63. The van der Waals surface area contributed by atoms with Crippen LogP contribution in [0.4, 0.5) is 11.6 Å². The average molecular weight is 339 g/mol. The van der Waals surface area contributed by atoms with Crippen molar-refractivity contribution in [1.29, 1.82) is 0 Å². The van der Waals surface area contributed by atoms with Gasteiger partial charge in [0.2, 0.25) is 5.91 Å². The van der Waals surface area contributed by atoms with Crippen molar-refractivity contribution in [3.05, 3.63) is 47.8 Å². The molecule has 3 rings (SSSR count). The fraction of sp³-hybridized carbons (Fsp3) is 0.421. The van der Waals surface area contributed by atoms with Crippen LogP contribution in [0.5, 0.6) is 0 Å². The van der Waals surface area contributed by atoms with Gasteiger partial charge in [-0.3, -0.25) is 4.79 Å². The minimum absolute atomic E-state index is 0.118. The zero-order valence-electron chi connectivity index (χ0n) is 15.1. The normalized spacial score (nSPS) is 16.0. The van der Waals surface area contributed by atoms with Crippen LogP contribution in [0.1, 0.15) is 24.0 Å². The van der Waals surface area contributed by atoms with E-state index in [9.17, 15) is 4.79 Å². The third-order valence-electron chi connectivity index (χ3n) is 4.63. The van der Waals surface area contributed by atoms with E-state index in [2.05, 4.69) is 53.4 Å². The minimum Gasteiger partial charge on any atom is -0.369 e. The third kappa shape index (κ3) is 4.26. The van der Waals surface area contributed by atoms with Gasteiger partial charge in [0.1, 0.15) is 18.0 Å². The van der Waals surface area contributed by atoms with Crippen LogP contribution in [0.25, 0.3) is 0 Å². The van der Waals surface area contributed by atoms with Crippen LogP contribution in [0.3, 0.4) is 0 Å². The van der Waals surface area contributed by atoms with E-state index in [1.54, 1.807) is 11.2 Å². The standard InChI is InChI=1S/C19H25N5O/c1-14-5-4-6-16(9-14)15(2)11-20-17-10-18(22-13-21-17)24-8-7-23(3)19(25)12-24/h4-6,9-10,13,15H,7-8,11-12H2,1-3H3,(H,20,21,22). The highest BCUT2D eigenvalue weighted by Gasteiger charge is 2.22. The molecule has 1 aliphatic heterocycles. The number of hydrogen-bond acceptors (Lipinski definition) is 5. The monoisotopic (exact) mass is 339 g/mol. The Balaban J connectivity index is 1.63. The van der Waals surface area contributed by atoms with E-state index in [0.29, 0.717) is 12.5 Å². The van der Waals surface area contributed by atoms with Crippen molar-refractivity contribution < 1.29 is 4.79 Å². The van der Waals surface area contributed by atoms with Crippen LogP contribution in [0.15, 0.2) is 36.7 Å². The number of hydrogen-bond donors (Lipinski definition) is 1. The average Bonchev–Trinajstić information content (AvgIpc) is 2.62. The second-order valence-electron chi connectivity index (χ2n) is 6.69. The number of amides is 1. The molecular formula is C19H25N5O. The predicted octanol–water partition coefficient (Wildman–Crippen LogP) is 2.28. The summed E-state index contributed by atoms with van der Waals surface area (Å²) < 4.78 is 0. The van der Waals surface area contributed by atoms with Crippen LogP contribution in [-0.4, -0.2) is 54.0 Å². The minimum atomic E-state index is 0.118. The van der Waals surface area contributed by atoms with Crippen molar-refractivity contribution in [2.45, 2.75) is 19.8 Å². The topological polar surface area (TPSA) is 61.4 Å². The van der Waals surface area contributed by atoms with Crippen molar-refractivity contribution in [2.24, 2.45) is 0 Å². The van der Waals surface area contributed by atoms with E-state index in [4.69, 9.17) is 0 Å². The van der Waals surface area contributed by atoms with Gasteiger partial charge in [-0.25, -0.2) is 9.97 Å². The number of nitrogens with zero attached hydrogens (tertiary/aromatic N) is 4. The molecule has 25 heavy (non-hydrogen) atoms. The summed E-state index contributed by atoms with van der Waals surface area (Å²) in [5.74, 6) is 2.08. The fourth-order valence-corrected chi connectivity index (χ4v) is 2.92. The van der Waals surface area contributed by atoms with E-state index in [1.165, 1.54) is 11.1 Å². The number of benzene rings is 1. The Bertz CT molecular complexity index is 748. The van der Waals surface area contributed by atoms with E-state index in [1.807, 2.05) is 18.0 Å². The lowest BCUT2D eigenvalue weighted by molar-refractivity contribution is -0.129. The maximum Gasteiger partial charge on any atom is 0.241 e. The van der Waals surface area contributed by atoms with Crippen LogP contribution in [0, 0.1) is 6.92 Å². The molecule has 6 heteroatoms. The zero-order chi connectivity index (χ0) is 17.8. The fourth-order valence-electron chi connectivity index (χ4n) is 2.92. The molecule has 1 unspecified atom stereocenters. The molecule has 132 valence electrons. The summed E-state index contributed by atoms with van der Waals surface area (Å²) in [6, 6.07) is 10.5. The van der Waals surface area contributed by atoms with Gasteiger partial charge in [0, 0.05) is 32.7 Å². The summed E-state index contributed by atoms with van der Waals surface area (Å²) in [5.41, 5.74) is 2.58. The van der Waals surface area contributed by atoms with E-state index in [-0.39, 0.29) is 5.91 Å². The number of carbonyl (C=O) groups excluding carboxylic acids is 1. The van der Waals surface area contributed by atoms with Gasteiger partial charge in [-0.1, -0.05) is 36.8 Å². The van der Waals surface area contributed by atoms with Gasteiger partial charge in [0.15, 0.2) is 0 Å². The molecule has 2 heterocycles. The smallest absolute Gasteiger partial charge is 0.241 e. The van der Waals surface area contributed by atoms with Crippen molar-refractivity contribution in [1.82, 2.24) is 14.9 Å². The summed E-state index contributed by atoms with van der Waals surface area (Å²) in [6.07, 6.45) is 1.55. The number of aromatic nitrogens is 2. The molecular weight excluding hydrogens is 314 g/mol. The molecule has 0 radical (unpaired) electrons. The summed E-state index contributed by atoms with van der Waals surface area (Å²) in [4.78, 5) is 24.3. The second kappa shape index (κ2) is 7.51. The highest BCUT2D eigenvalue weighted by Crippen LogP contribution is 2.19. The quantitative estimate of drug-likeness (QED) is 0.905. The van der Waals surface area contributed by atoms with Gasteiger partial charge in [-0.2, -0.15) is 0 Å². The Kier molecular flexibility index (Phi) is 5.16. The number of piperazine rings is 1. The molecule has 6 nitrogen and oxygen atoms in total. The van der Waals surface area contributed by atoms with Gasteiger partial charge in [0.05, 0.1) is 6.54 Å². The Labute approximate surface area is 148 Å². The maximum atomic E-state index is 11.9. The second-order valence-corrected chi connectivity index (χ2v) is 6.69. The van der Waals surface area contributed by atoms with Gasteiger partial charge < -0.3 is 15.1 Å². The van der Waals surface area contributed by atoms with Crippen molar-refractivity contribution >= 4 is 17.5 Å². The lowest BCUT2D eigenvalue weighted by Gasteiger charge is -2.32. The first-order valence-electron chi connectivity index (χ1n) is 8.64. The maximum absolute atomic E-state index is 11.9. The van der Waals surface area contributed by atoms with E-state index >= 15 is 0 Å². The van der Waals surface area contributed by atoms with Crippen molar-refractivity contribution in [2.75, 3.05) is 43.4 Å². The lowest BCUT2D eigenvalue weighted by atomic mass is 9.99. The Morgan fingerprint density at radius 3 is 2.84 bits per heavy atom. The van der Waals surface area contributed by atoms with Crippen molar-refractivity contribution in [3.63, 3.8) is 0 Å². The number of aryl methyl sites for hydroxylation is 1. The lowest BCUT2D eigenvalue weighted by Crippen LogP contribution is -2.48. The summed E-state index contributed by atoms with van der Waals surface area (Å²) in [6.45, 7) is 6.98. The molecule has 1 aromatic carbocycles. The molecule has 1 aromatic heterocycles. The molecule has 1 amide bonds. The number of carbonyl (C=O) groups is 1. The molecule has 1 atom stereocenters. The molecule has 0 spiro atoms. The molecule has 1 N–H and O–H groups in total. The first-order chi connectivity index (χ1) is 12.0. The third-order valence-corrected chi connectivity index (χ3v) is 4.63. The van der Waals surface area contributed by atoms with Crippen LogP contribution < -0.4 is 10.2 Å². The summed E-state index contributed by atoms with van der Waals surface area (Å²) in [7, 11) is 1.83. The number of rotatable bonds is 5. The van der Waals surface area contributed by atoms with E-state index < -0.39 is 0 Å². The summed E-state index contributed by atoms with van der Waals surface area (Å²) in [5, 5.41) is 3.39. The van der Waals surface area contributed by atoms with Crippen molar-refractivity contribution in [3.8, 4) is 0 Å². The molecule has 2 aromatic rings. The van der Waals surface area contributed by atoms with Crippen LogP contribution in [0.2, 0.25) is 0 Å². The van der Waals surface area contributed by atoms with Gasteiger partial charge >= 0.3 is 0 Å². The SMILES string of the molecule is Cc1cccc(C(C)CNc2cc(N3CCN(C)C(=O)C3)ncn2)c1. The van der Waals surface area contributed by atoms with Gasteiger partial charge in [-0.15, -0.1) is 0 Å². The molecule has 1 aliphatic rings. The molecule has 0 saturated carbocycles. The Morgan fingerprint density at radius 2 is 2.08 bits per heavy atom. The number of likely N-dealkylation sites (N-methyl/N-ethyl adjacent to an activating group) is 1. The number of anilines is 2. The van der Waals surface area contributed by atoms with Gasteiger partial charge in [-0.05, 0) is 18.4 Å². The summed E-state index contributed by atoms with van der Waals surface area (Å²) >= 11 is 0. The first kappa shape index (κ1) is 17.2. The Morgan fingerprint density at radius 1 is 1.24 bits per heavy atom. The first-order valence-corrected chi connectivity index (χ1v) is 8.64. The zero-order valence-corrected chi connectivity index (χ0v) is 15.1. The molecule has 0 bridgehead atoms.